The molecule has 4 heterocycles. The molecule has 1 fully saturated rings. The number of aromatic nitrogens is 4. The number of aromatic amines is 1. The van der Waals surface area contributed by atoms with Gasteiger partial charge in [-0.25, -0.2) is 9.97 Å². The number of anilines is 1. The Hall–Kier alpha value is -2.47. The zero-order chi connectivity index (χ0) is 19.5. The van der Waals surface area contributed by atoms with Gasteiger partial charge in [-0.15, -0.1) is 0 Å². The monoisotopic (exact) mass is 378 g/mol. The average Bonchev–Trinajstić information content (AvgIpc) is 3.12. The van der Waals surface area contributed by atoms with Gasteiger partial charge in [0.25, 0.3) is 0 Å². The number of H-pyrrole nitrogens is 1. The van der Waals surface area contributed by atoms with Gasteiger partial charge in [0.05, 0.1) is 11.4 Å². The van der Waals surface area contributed by atoms with Gasteiger partial charge in [0.1, 0.15) is 5.82 Å². The van der Waals surface area contributed by atoms with Crippen molar-refractivity contribution in [2.24, 2.45) is 5.92 Å². The highest BCUT2D eigenvalue weighted by Gasteiger charge is 2.27. The van der Waals surface area contributed by atoms with Crippen molar-refractivity contribution in [3.63, 3.8) is 0 Å². The summed E-state index contributed by atoms with van der Waals surface area (Å²) in [5.74, 6) is 1.73. The molecule has 1 aliphatic heterocycles. The third-order valence-electron chi connectivity index (χ3n) is 5.39. The van der Waals surface area contributed by atoms with Gasteiger partial charge >= 0.3 is 0 Å². The predicted molar refractivity (Wildman–Crippen MR) is 114 cm³/mol. The second-order valence-corrected chi connectivity index (χ2v) is 8.24. The van der Waals surface area contributed by atoms with E-state index in [1.807, 2.05) is 18.2 Å². The van der Waals surface area contributed by atoms with E-state index in [4.69, 9.17) is 4.98 Å². The van der Waals surface area contributed by atoms with Crippen molar-refractivity contribution in [1.82, 2.24) is 25.5 Å². The van der Waals surface area contributed by atoms with Crippen LogP contribution in [-0.4, -0.2) is 45.3 Å². The van der Waals surface area contributed by atoms with Gasteiger partial charge in [0.15, 0.2) is 5.65 Å². The van der Waals surface area contributed by atoms with E-state index >= 15 is 0 Å². The van der Waals surface area contributed by atoms with E-state index in [9.17, 15) is 0 Å². The molecule has 3 aromatic rings. The van der Waals surface area contributed by atoms with Crippen molar-refractivity contribution in [2.45, 2.75) is 52.1 Å². The van der Waals surface area contributed by atoms with E-state index in [-0.39, 0.29) is 0 Å². The molecule has 3 aromatic heterocycles. The van der Waals surface area contributed by atoms with Crippen LogP contribution in [0.3, 0.4) is 0 Å². The summed E-state index contributed by atoms with van der Waals surface area (Å²) in [7, 11) is 0. The van der Waals surface area contributed by atoms with E-state index in [1.54, 1.807) is 6.20 Å². The molecule has 4 rings (SSSR count). The van der Waals surface area contributed by atoms with Crippen LogP contribution in [-0.2, 0) is 0 Å². The summed E-state index contributed by atoms with van der Waals surface area (Å²) in [6.07, 6.45) is 5.34. The van der Waals surface area contributed by atoms with Crippen LogP contribution >= 0.6 is 0 Å². The molecular weight excluding hydrogens is 348 g/mol. The number of fused-ring (bicyclic) bond motifs is 1. The van der Waals surface area contributed by atoms with E-state index in [1.165, 1.54) is 19.3 Å². The Labute approximate surface area is 166 Å². The number of hydrogen-bond donors (Lipinski definition) is 2. The quantitative estimate of drug-likeness (QED) is 0.678. The molecule has 6 heteroatoms. The molecular formula is C22H30N6. The Morgan fingerprint density at radius 1 is 1.14 bits per heavy atom. The minimum atomic E-state index is 0.507. The molecule has 0 aliphatic carbocycles. The number of nitrogens with one attached hydrogen (secondary N) is 2. The van der Waals surface area contributed by atoms with Gasteiger partial charge in [-0.2, -0.15) is 5.10 Å². The van der Waals surface area contributed by atoms with Crippen LogP contribution in [0.1, 0.15) is 40.0 Å². The average molecular weight is 379 g/mol. The minimum Gasteiger partial charge on any atom is -0.353 e. The smallest absolute Gasteiger partial charge is 0.181 e. The molecule has 2 atom stereocenters. The van der Waals surface area contributed by atoms with Gasteiger partial charge in [0.2, 0.25) is 0 Å². The number of hydrogen-bond acceptors (Lipinski definition) is 5. The standard InChI is InChI=1S/C22H30N6/c1-4-7-16-13-28(14-17(24-16)12-15(2)3)20-10-5-9-19(25-20)21-18-8-6-11-23-22(18)27-26-21/h5-6,8-11,15-17,24H,4,7,12-14H2,1-3H3,(H,23,26,27)/t16-,17-/m0/s1. The molecule has 0 amide bonds. The predicted octanol–water partition coefficient (Wildman–Crippen LogP) is 4.01. The zero-order valence-electron chi connectivity index (χ0n) is 17.0. The highest BCUT2D eigenvalue weighted by atomic mass is 15.3. The maximum atomic E-state index is 5.00. The largest absolute Gasteiger partial charge is 0.353 e. The fraction of sp³-hybridized carbons (Fsp3) is 0.500. The summed E-state index contributed by atoms with van der Waals surface area (Å²) in [5.41, 5.74) is 2.58. The molecule has 1 saturated heterocycles. The SMILES string of the molecule is CCC[C@H]1CN(c2cccc(-c3[nH]nc4ncccc34)n2)C[C@H](CC(C)C)N1. The third kappa shape index (κ3) is 4.02. The summed E-state index contributed by atoms with van der Waals surface area (Å²) in [4.78, 5) is 11.8. The zero-order valence-corrected chi connectivity index (χ0v) is 17.0. The molecule has 148 valence electrons. The van der Waals surface area contributed by atoms with Crippen molar-refractivity contribution < 1.29 is 0 Å². The first-order valence-electron chi connectivity index (χ1n) is 10.4. The van der Waals surface area contributed by atoms with Crippen molar-refractivity contribution in [1.29, 1.82) is 0 Å². The highest BCUT2D eigenvalue weighted by Crippen LogP contribution is 2.26. The summed E-state index contributed by atoms with van der Waals surface area (Å²) in [5, 5.41) is 12.3. The first-order chi connectivity index (χ1) is 13.6. The molecule has 6 nitrogen and oxygen atoms in total. The lowest BCUT2D eigenvalue weighted by Gasteiger charge is -2.40. The number of pyridine rings is 2. The van der Waals surface area contributed by atoms with Crippen LogP contribution in [0.5, 0.6) is 0 Å². The maximum Gasteiger partial charge on any atom is 0.181 e. The van der Waals surface area contributed by atoms with Gasteiger partial charge < -0.3 is 10.2 Å². The number of piperazine rings is 1. The second kappa shape index (κ2) is 8.27. The van der Waals surface area contributed by atoms with Gasteiger partial charge in [0, 0.05) is 36.8 Å². The molecule has 0 saturated carbocycles. The fourth-order valence-corrected chi connectivity index (χ4v) is 4.25. The lowest BCUT2D eigenvalue weighted by molar-refractivity contribution is 0.317. The van der Waals surface area contributed by atoms with E-state index in [0.29, 0.717) is 18.0 Å². The van der Waals surface area contributed by atoms with Crippen molar-refractivity contribution in [2.75, 3.05) is 18.0 Å². The summed E-state index contributed by atoms with van der Waals surface area (Å²) >= 11 is 0. The summed E-state index contributed by atoms with van der Waals surface area (Å²) < 4.78 is 0. The van der Waals surface area contributed by atoms with Crippen LogP contribution in [0.2, 0.25) is 0 Å². The lowest BCUT2D eigenvalue weighted by Crippen LogP contribution is -2.57. The Morgan fingerprint density at radius 2 is 2.00 bits per heavy atom. The van der Waals surface area contributed by atoms with Crippen molar-refractivity contribution in [3.05, 3.63) is 36.5 Å². The van der Waals surface area contributed by atoms with Crippen molar-refractivity contribution >= 4 is 16.9 Å². The van der Waals surface area contributed by atoms with Crippen LogP contribution in [0.15, 0.2) is 36.5 Å². The maximum absolute atomic E-state index is 5.00. The van der Waals surface area contributed by atoms with Gasteiger partial charge in [-0.3, -0.25) is 5.10 Å². The van der Waals surface area contributed by atoms with Crippen LogP contribution in [0.25, 0.3) is 22.4 Å². The fourth-order valence-electron chi connectivity index (χ4n) is 4.25. The number of nitrogens with zero attached hydrogens (tertiary/aromatic N) is 4. The highest BCUT2D eigenvalue weighted by molar-refractivity contribution is 5.89. The summed E-state index contributed by atoms with van der Waals surface area (Å²) in [6.45, 7) is 8.86. The Bertz CT molecular complexity index is 918. The molecule has 1 aliphatic rings. The van der Waals surface area contributed by atoms with Crippen LogP contribution < -0.4 is 10.2 Å². The Balaban J connectivity index is 1.62. The number of rotatable bonds is 6. The second-order valence-electron chi connectivity index (χ2n) is 8.24. The van der Waals surface area contributed by atoms with Gasteiger partial charge in [-0.1, -0.05) is 33.3 Å². The third-order valence-corrected chi connectivity index (χ3v) is 5.39. The van der Waals surface area contributed by atoms with E-state index in [0.717, 1.165) is 41.3 Å². The van der Waals surface area contributed by atoms with Gasteiger partial charge in [-0.05, 0) is 43.0 Å². The molecule has 0 spiro atoms. The lowest BCUT2D eigenvalue weighted by atomic mass is 9.98. The van der Waals surface area contributed by atoms with Crippen molar-refractivity contribution in [3.8, 4) is 11.4 Å². The van der Waals surface area contributed by atoms with Crippen LogP contribution in [0, 0.1) is 5.92 Å². The Kier molecular flexibility index (Phi) is 5.57. The first-order valence-corrected chi connectivity index (χ1v) is 10.4. The topological polar surface area (TPSA) is 69.7 Å². The minimum absolute atomic E-state index is 0.507. The Morgan fingerprint density at radius 3 is 2.82 bits per heavy atom. The van der Waals surface area contributed by atoms with Crippen LogP contribution in [0.4, 0.5) is 5.82 Å². The summed E-state index contributed by atoms with van der Waals surface area (Å²) in [6, 6.07) is 11.3. The normalized spacial score (nSPS) is 20.2. The van der Waals surface area contributed by atoms with E-state index in [2.05, 4.69) is 58.3 Å². The molecule has 0 unspecified atom stereocenters. The molecule has 2 N–H and O–H groups in total. The van der Waals surface area contributed by atoms with E-state index < -0.39 is 0 Å². The molecule has 0 radical (unpaired) electrons. The molecule has 28 heavy (non-hydrogen) atoms. The molecule has 0 bridgehead atoms. The first kappa shape index (κ1) is 18.9. The molecule has 0 aromatic carbocycles.